The highest BCUT2D eigenvalue weighted by molar-refractivity contribution is 5.92. The number of H-pyrrole nitrogens is 2. The van der Waals surface area contributed by atoms with Crippen molar-refractivity contribution >= 4 is 11.9 Å². The Morgan fingerprint density at radius 1 is 1.47 bits per heavy atom. The number of imidazole rings is 2. The number of carboxylic acids is 1. The fourth-order valence-corrected chi connectivity index (χ4v) is 1.27. The van der Waals surface area contributed by atoms with E-state index in [2.05, 4.69) is 24.7 Å². The standard InChI is InChI=1S/C9H8N4O4/c1-4(14)17-9-12-6(5-2-10-3-11-5)7(13-9)8(15)16/h2-3H,1H3,(H,10,11)(H,12,13)(H,15,16). The maximum absolute atomic E-state index is 11.0. The number of ether oxygens (including phenoxy) is 1. The van der Waals surface area contributed by atoms with Gasteiger partial charge >= 0.3 is 17.9 Å². The molecule has 88 valence electrons. The van der Waals surface area contributed by atoms with Gasteiger partial charge in [-0.2, -0.15) is 4.98 Å². The Bertz CT molecular complexity index is 558. The van der Waals surface area contributed by atoms with E-state index in [1.807, 2.05) is 0 Å². The molecule has 0 fully saturated rings. The largest absolute Gasteiger partial charge is 0.477 e. The number of aromatic carboxylic acids is 1. The first-order chi connectivity index (χ1) is 8.08. The molecule has 2 aromatic rings. The molecule has 0 aliphatic heterocycles. The number of carboxylic acid groups (broad SMARTS) is 1. The molecule has 2 heterocycles. The summed E-state index contributed by atoms with van der Waals surface area (Å²) in [5, 5.41) is 8.97. The molecule has 8 heteroatoms. The second-order valence-electron chi connectivity index (χ2n) is 3.13. The van der Waals surface area contributed by atoms with Crippen LogP contribution in [0.15, 0.2) is 12.5 Å². The Hall–Kier alpha value is -2.64. The van der Waals surface area contributed by atoms with Crippen molar-refractivity contribution in [2.45, 2.75) is 6.92 Å². The van der Waals surface area contributed by atoms with E-state index in [9.17, 15) is 9.59 Å². The molecule has 0 saturated heterocycles. The Morgan fingerprint density at radius 3 is 2.76 bits per heavy atom. The summed E-state index contributed by atoms with van der Waals surface area (Å²) in [6.45, 7) is 1.19. The molecule has 0 aliphatic rings. The highest BCUT2D eigenvalue weighted by Crippen LogP contribution is 2.22. The fourth-order valence-electron chi connectivity index (χ4n) is 1.27. The first kappa shape index (κ1) is 10.9. The van der Waals surface area contributed by atoms with Crippen LogP contribution in [-0.2, 0) is 4.79 Å². The van der Waals surface area contributed by atoms with Crippen LogP contribution in [0, 0.1) is 0 Å². The average molecular weight is 236 g/mol. The highest BCUT2D eigenvalue weighted by atomic mass is 16.5. The summed E-state index contributed by atoms with van der Waals surface area (Å²) in [4.78, 5) is 34.5. The minimum atomic E-state index is -1.21. The van der Waals surface area contributed by atoms with Gasteiger partial charge in [0.15, 0.2) is 5.69 Å². The highest BCUT2D eigenvalue weighted by Gasteiger charge is 2.20. The lowest BCUT2D eigenvalue weighted by atomic mass is 10.2. The zero-order valence-corrected chi connectivity index (χ0v) is 8.72. The maximum atomic E-state index is 11.0. The lowest BCUT2D eigenvalue weighted by molar-refractivity contribution is -0.132. The number of aromatic nitrogens is 4. The Balaban J connectivity index is 2.46. The first-order valence-electron chi connectivity index (χ1n) is 4.58. The van der Waals surface area contributed by atoms with Gasteiger partial charge in [0.25, 0.3) is 0 Å². The van der Waals surface area contributed by atoms with E-state index < -0.39 is 11.9 Å². The van der Waals surface area contributed by atoms with Gasteiger partial charge in [-0.3, -0.25) is 4.79 Å². The van der Waals surface area contributed by atoms with E-state index in [-0.39, 0.29) is 17.4 Å². The van der Waals surface area contributed by atoms with Crippen molar-refractivity contribution in [3.8, 4) is 17.4 Å². The molecule has 0 radical (unpaired) electrons. The van der Waals surface area contributed by atoms with Crippen molar-refractivity contribution in [3.63, 3.8) is 0 Å². The van der Waals surface area contributed by atoms with Crippen LogP contribution in [0.2, 0.25) is 0 Å². The van der Waals surface area contributed by atoms with Crippen LogP contribution >= 0.6 is 0 Å². The van der Waals surface area contributed by atoms with Gasteiger partial charge < -0.3 is 19.8 Å². The number of esters is 1. The molecular formula is C9H8N4O4. The summed E-state index contributed by atoms with van der Waals surface area (Å²) in [5.41, 5.74) is 0.369. The molecule has 0 aliphatic carbocycles. The number of rotatable bonds is 3. The molecule has 0 spiro atoms. The zero-order valence-electron chi connectivity index (χ0n) is 8.72. The van der Waals surface area contributed by atoms with Gasteiger partial charge in [0.2, 0.25) is 0 Å². The van der Waals surface area contributed by atoms with E-state index >= 15 is 0 Å². The van der Waals surface area contributed by atoms with Crippen LogP contribution < -0.4 is 4.74 Å². The summed E-state index contributed by atoms with van der Waals surface area (Å²) in [6, 6.07) is -0.167. The molecular weight excluding hydrogens is 228 g/mol. The molecule has 8 nitrogen and oxygen atoms in total. The number of aromatic amines is 2. The summed E-state index contributed by atoms with van der Waals surface area (Å²) in [7, 11) is 0. The zero-order chi connectivity index (χ0) is 12.4. The van der Waals surface area contributed by atoms with Gasteiger partial charge in [-0.15, -0.1) is 0 Å². The van der Waals surface area contributed by atoms with Gasteiger partial charge in [-0.05, 0) is 0 Å². The number of nitrogens with zero attached hydrogens (tertiary/aromatic N) is 2. The first-order valence-corrected chi connectivity index (χ1v) is 4.58. The molecule has 0 amide bonds. The maximum Gasteiger partial charge on any atom is 0.354 e. The minimum Gasteiger partial charge on any atom is -0.477 e. The van der Waals surface area contributed by atoms with Crippen LogP contribution in [0.25, 0.3) is 11.4 Å². The van der Waals surface area contributed by atoms with Crippen molar-refractivity contribution in [1.29, 1.82) is 0 Å². The third-order valence-corrected chi connectivity index (χ3v) is 1.89. The second kappa shape index (κ2) is 4.08. The lowest BCUT2D eigenvalue weighted by Gasteiger charge is -1.92. The summed E-state index contributed by atoms with van der Waals surface area (Å²) >= 11 is 0. The number of carbonyl (C=O) groups excluding carboxylic acids is 1. The number of hydrogen-bond donors (Lipinski definition) is 3. The average Bonchev–Trinajstić information content (AvgIpc) is 2.82. The van der Waals surface area contributed by atoms with Gasteiger partial charge in [-0.25, -0.2) is 9.78 Å². The minimum absolute atomic E-state index is 0.131. The van der Waals surface area contributed by atoms with Crippen LogP contribution in [0.1, 0.15) is 17.4 Å². The van der Waals surface area contributed by atoms with Crippen molar-refractivity contribution in [1.82, 2.24) is 19.9 Å². The predicted molar refractivity (Wildman–Crippen MR) is 54.4 cm³/mol. The van der Waals surface area contributed by atoms with Gasteiger partial charge in [0.05, 0.1) is 18.2 Å². The van der Waals surface area contributed by atoms with Crippen LogP contribution in [0.5, 0.6) is 6.01 Å². The van der Waals surface area contributed by atoms with E-state index in [0.717, 1.165) is 0 Å². The van der Waals surface area contributed by atoms with E-state index in [0.29, 0.717) is 5.69 Å². The molecule has 0 atom stereocenters. The Labute approximate surface area is 94.7 Å². The molecule has 2 aromatic heterocycles. The molecule has 3 N–H and O–H groups in total. The third-order valence-electron chi connectivity index (χ3n) is 1.89. The second-order valence-corrected chi connectivity index (χ2v) is 3.13. The smallest absolute Gasteiger partial charge is 0.354 e. The van der Waals surface area contributed by atoms with Crippen molar-refractivity contribution in [2.75, 3.05) is 0 Å². The van der Waals surface area contributed by atoms with E-state index in [1.54, 1.807) is 0 Å². The molecule has 0 aromatic carbocycles. The summed E-state index contributed by atoms with van der Waals surface area (Å²) < 4.78 is 4.68. The lowest BCUT2D eigenvalue weighted by Crippen LogP contribution is -2.03. The quantitative estimate of drug-likeness (QED) is 0.664. The van der Waals surface area contributed by atoms with Crippen molar-refractivity contribution in [2.24, 2.45) is 0 Å². The molecule has 0 unspecified atom stereocenters. The monoisotopic (exact) mass is 236 g/mol. The molecule has 17 heavy (non-hydrogen) atoms. The number of carbonyl (C=O) groups is 2. The van der Waals surface area contributed by atoms with Crippen LogP contribution in [0.4, 0.5) is 0 Å². The number of hydrogen-bond acceptors (Lipinski definition) is 5. The van der Waals surface area contributed by atoms with Gasteiger partial charge in [0, 0.05) is 6.92 Å². The molecule has 0 bridgehead atoms. The van der Waals surface area contributed by atoms with Crippen LogP contribution in [0.3, 0.4) is 0 Å². The van der Waals surface area contributed by atoms with E-state index in [4.69, 9.17) is 5.11 Å². The van der Waals surface area contributed by atoms with Gasteiger partial charge in [-0.1, -0.05) is 0 Å². The fraction of sp³-hybridized carbons (Fsp3) is 0.111. The Kier molecular flexibility index (Phi) is 2.61. The van der Waals surface area contributed by atoms with E-state index in [1.165, 1.54) is 19.4 Å². The van der Waals surface area contributed by atoms with Crippen molar-refractivity contribution < 1.29 is 19.4 Å². The van der Waals surface area contributed by atoms with Gasteiger partial charge in [0.1, 0.15) is 5.69 Å². The predicted octanol–water partition coefficient (Wildman–Crippen LogP) is 0.423. The number of nitrogens with one attached hydrogen (secondary N) is 2. The molecule has 0 saturated carbocycles. The van der Waals surface area contributed by atoms with Crippen molar-refractivity contribution in [3.05, 3.63) is 18.2 Å². The Morgan fingerprint density at radius 2 is 2.24 bits per heavy atom. The normalized spacial score (nSPS) is 10.2. The van der Waals surface area contributed by atoms with Crippen LogP contribution in [-0.4, -0.2) is 37.0 Å². The topological polar surface area (TPSA) is 121 Å². The summed E-state index contributed by atoms with van der Waals surface area (Å²) in [5.74, 6) is -1.80. The SMILES string of the molecule is CC(=O)Oc1nc(-c2cnc[nH]2)c(C(=O)O)[nH]1. The third kappa shape index (κ3) is 2.14. The molecule has 2 rings (SSSR count). The summed E-state index contributed by atoms with van der Waals surface area (Å²) in [6.07, 6.45) is 2.81.